The van der Waals surface area contributed by atoms with Gasteiger partial charge in [0.2, 0.25) is 0 Å². The molecule has 2 rings (SSSR count). The monoisotopic (exact) mass is 235 g/mol. The summed E-state index contributed by atoms with van der Waals surface area (Å²) >= 11 is 0. The van der Waals surface area contributed by atoms with E-state index in [4.69, 9.17) is 0 Å². The first-order valence-corrected chi connectivity index (χ1v) is 5.35. The fourth-order valence-corrected chi connectivity index (χ4v) is 2.01. The van der Waals surface area contributed by atoms with Gasteiger partial charge in [-0.25, -0.2) is 4.79 Å². The van der Waals surface area contributed by atoms with Gasteiger partial charge in [0.15, 0.2) is 0 Å². The van der Waals surface area contributed by atoms with E-state index in [1.54, 1.807) is 12.1 Å². The van der Waals surface area contributed by atoms with Crippen molar-refractivity contribution < 1.29 is 9.72 Å². The van der Waals surface area contributed by atoms with Crippen LogP contribution in [0.3, 0.4) is 0 Å². The first-order chi connectivity index (χ1) is 8.02. The standard InChI is InChI=1S/C11H13N3O3/c1-7(2)13-9-4-3-5-10(14(16)17)8(9)6-12-11(13)15/h3-5,7H,6H2,1-2H3,(H,12,15). The summed E-state index contributed by atoms with van der Waals surface area (Å²) in [7, 11) is 0. The van der Waals surface area contributed by atoms with Gasteiger partial charge in [0.1, 0.15) is 0 Å². The molecule has 1 heterocycles. The van der Waals surface area contributed by atoms with Crippen LogP contribution in [0.15, 0.2) is 18.2 Å². The molecule has 0 aliphatic carbocycles. The third-order valence-corrected chi connectivity index (χ3v) is 2.73. The molecule has 0 fully saturated rings. The molecule has 17 heavy (non-hydrogen) atoms. The maximum atomic E-state index is 11.7. The highest BCUT2D eigenvalue weighted by Gasteiger charge is 2.30. The number of nitro groups is 1. The van der Waals surface area contributed by atoms with E-state index < -0.39 is 4.92 Å². The first kappa shape index (κ1) is 11.4. The lowest BCUT2D eigenvalue weighted by atomic mass is 10.1. The molecule has 2 amide bonds. The number of amides is 2. The summed E-state index contributed by atoms with van der Waals surface area (Å²) in [4.78, 5) is 23.7. The molecule has 0 atom stereocenters. The van der Waals surface area contributed by atoms with Gasteiger partial charge >= 0.3 is 6.03 Å². The summed E-state index contributed by atoms with van der Waals surface area (Å²) in [5.41, 5.74) is 1.23. The predicted molar refractivity (Wildman–Crippen MR) is 62.9 cm³/mol. The van der Waals surface area contributed by atoms with E-state index in [1.165, 1.54) is 11.0 Å². The summed E-state index contributed by atoms with van der Waals surface area (Å²) in [6.07, 6.45) is 0. The third kappa shape index (κ3) is 1.82. The average molecular weight is 235 g/mol. The zero-order valence-corrected chi connectivity index (χ0v) is 9.64. The number of nitro benzene ring substituents is 1. The number of hydrogen-bond donors (Lipinski definition) is 1. The molecule has 1 aromatic rings. The van der Waals surface area contributed by atoms with Crippen LogP contribution in [0.5, 0.6) is 0 Å². The first-order valence-electron chi connectivity index (χ1n) is 5.35. The van der Waals surface area contributed by atoms with Crippen LogP contribution in [0.4, 0.5) is 16.2 Å². The second-order valence-electron chi connectivity index (χ2n) is 4.15. The number of nitrogens with zero attached hydrogens (tertiary/aromatic N) is 2. The fourth-order valence-electron chi connectivity index (χ4n) is 2.01. The molecule has 0 spiro atoms. The summed E-state index contributed by atoms with van der Waals surface area (Å²) < 4.78 is 0. The van der Waals surface area contributed by atoms with Gasteiger partial charge in [-0.1, -0.05) is 6.07 Å². The number of anilines is 1. The van der Waals surface area contributed by atoms with Crippen LogP contribution >= 0.6 is 0 Å². The summed E-state index contributed by atoms with van der Waals surface area (Å²) in [6, 6.07) is 4.53. The van der Waals surface area contributed by atoms with Crippen molar-refractivity contribution >= 4 is 17.4 Å². The molecule has 1 N–H and O–H groups in total. The lowest BCUT2D eigenvalue weighted by Gasteiger charge is -2.32. The second kappa shape index (κ2) is 4.04. The third-order valence-electron chi connectivity index (χ3n) is 2.73. The van der Waals surface area contributed by atoms with Crippen molar-refractivity contribution in [3.05, 3.63) is 33.9 Å². The minimum absolute atomic E-state index is 0.0453. The average Bonchev–Trinajstić information content (AvgIpc) is 2.26. The highest BCUT2D eigenvalue weighted by Crippen LogP contribution is 2.32. The number of rotatable bonds is 2. The van der Waals surface area contributed by atoms with Crippen molar-refractivity contribution in [2.24, 2.45) is 0 Å². The zero-order chi connectivity index (χ0) is 12.6. The topological polar surface area (TPSA) is 75.5 Å². The van der Waals surface area contributed by atoms with E-state index in [-0.39, 0.29) is 24.3 Å². The second-order valence-corrected chi connectivity index (χ2v) is 4.15. The van der Waals surface area contributed by atoms with Crippen molar-refractivity contribution in [2.75, 3.05) is 4.90 Å². The quantitative estimate of drug-likeness (QED) is 0.629. The Labute approximate surface area is 98.4 Å². The molecular weight excluding hydrogens is 222 g/mol. The van der Waals surface area contributed by atoms with Crippen LogP contribution in [0.2, 0.25) is 0 Å². The number of carbonyl (C=O) groups is 1. The molecular formula is C11H13N3O3. The molecule has 1 aromatic carbocycles. The van der Waals surface area contributed by atoms with E-state index in [0.29, 0.717) is 11.3 Å². The van der Waals surface area contributed by atoms with Gasteiger partial charge in [0, 0.05) is 12.1 Å². The van der Waals surface area contributed by atoms with Crippen LogP contribution in [-0.2, 0) is 6.54 Å². The Morgan fingerprint density at radius 2 is 2.18 bits per heavy atom. The lowest BCUT2D eigenvalue weighted by Crippen LogP contribution is -2.47. The van der Waals surface area contributed by atoms with E-state index >= 15 is 0 Å². The highest BCUT2D eigenvalue weighted by atomic mass is 16.6. The SMILES string of the molecule is CC(C)N1C(=O)NCc2c1cccc2[N+](=O)[O-]. The molecule has 0 saturated carbocycles. The molecule has 1 aliphatic rings. The molecule has 0 bridgehead atoms. The van der Waals surface area contributed by atoms with Crippen LogP contribution in [0.1, 0.15) is 19.4 Å². The van der Waals surface area contributed by atoms with Crippen molar-refractivity contribution in [3.8, 4) is 0 Å². The number of urea groups is 1. The van der Waals surface area contributed by atoms with Crippen LogP contribution < -0.4 is 10.2 Å². The van der Waals surface area contributed by atoms with Gasteiger partial charge in [0.25, 0.3) is 5.69 Å². The predicted octanol–water partition coefficient (Wildman–Crippen LogP) is 2.03. The van der Waals surface area contributed by atoms with Gasteiger partial charge in [-0.05, 0) is 19.9 Å². The Balaban J connectivity index is 2.58. The number of nitrogens with one attached hydrogen (secondary N) is 1. The number of benzene rings is 1. The largest absolute Gasteiger partial charge is 0.333 e. The highest BCUT2D eigenvalue weighted by molar-refractivity contribution is 5.96. The Kier molecular flexibility index (Phi) is 2.71. The number of hydrogen-bond acceptors (Lipinski definition) is 3. The molecule has 0 radical (unpaired) electrons. The smallest absolute Gasteiger partial charge is 0.322 e. The Hall–Kier alpha value is -2.11. The molecule has 0 aromatic heterocycles. The Morgan fingerprint density at radius 1 is 1.47 bits per heavy atom. The molecule has 0 saturated heterocycles. The minimum atomic E-state index is -0.422. The van der Waals surface area contributed by atoms with E-state index in [1.807, 2.05) is 13.8 Å². The minimum Gasteiger partial charge on any atom is -0.333 e. The van der Waals surface area contributed by atoms with Gasteiger partial charge in [0.05, 0.1) is 22.7 Å². The Morgan fingerprint density at radius 3 is 2.76 bits per heavy atom. The number of fused-ring (bicyclic) bond motifs is 1. The maximum absolute atomic E-state index is 11.7. The van der Waals surface area contributed by atoms with E-state index in [2.05, 4.69) is 5.32 Å². The van der Waals surface area contributed by atoms with Gasteiger partial charge in [-0.15, -0.1) is 0 Å². The summed E-state index contributed by atoms with van der Waals surface area (Å²) in [5.74, 6) is 0. The summed E-state index contributed by atoms with van der Waals surface area (Å²) in [6.45, 7) is 3.94. The van der Waals surface area contributed by atoms with Gasteiger partial charge < -0.3 is 5.32 Å². The van der Waals surface area contributed by atoms with Crippen molar-refractivity contribution in [1.29, 1.82) is 0 Å². The van der Waals surface area contributed by atoms with E-state index in [0.717, 1.165) is 0 Å². The number of carbonyl (C=O) groups excluding carboxylic acids is 1. The van der Waals surface area contributed by atoms with Crippen molar-refractivity contribution in [3.63, 3.8) is 0 Å². The zero-order valence-electron chi connectivity index (χ0n) is 9.64. The van der Waals surface area contributed by atoms with Crippen LogP contribution in [-0.4, -0.2) is 17.0 Å². The Bertz CT molecular complexity index is 485. The van der Waals surface area contributed by atoms with Crippen LogP contribution in [0, 0.1) is 10.1 Å². The van der Waals surface area contributed by atoms with Crippen molar-refractivity contribution in [1.82, 2.24) is 5.32 Å². The van der Waals surface area contributed by atoms with Crippen LogP contribution in [0.25, 0.3) is 0 Å². The van der Waals surface area contributed by atoms with E-state index in [9.17, 15) is 14.9 Å². The summed E-state index contributed by atoms with van der Waals surface area (Å²) in [5, 5.41) is 13.6. The molecule has 6 heteroatoms. The molecule has 0 unspecified atom stereocenters. The molecule has 1 aliphatic heterocycles. The van der Waals surface area contributed by atoms with Gasteiger partial charge in [-0.2, -0.15) is 0 Å². The molecule has 90 valence electrons. The van der Waals surface area contributed by atoms with Crippen molar-refractivity contribution in [2.45, 2.75) is 26.4 Å². The fraction of sp³-hybridized carbons (Fsp3) is 0.364. The van der Waals surface area contributed by atoms with Gasteiger partial charge in [-0.3, -0.25) is 15.0 Å². The lowest BCUT2D eigenvalue weighted by molar-refractivity contribution is -0.385. The normalized spacial score (nSPS) is 14.5. The maximum Gasteiger partial charge on any atom is 0.322 e. The molecule has 6 nitrogen and oxygen atoms in total.